The molecule has 7 heteroatoms. The zero-order valence-corrected chi connectivity index (χ0v) is 10.6. The second-order valence-corrected chi connectivity index (χ2v) is 5.00. The number of nitrogens with zero attached hydrogens (tertiary/aromatic N) is 3. The van der Waals surface area contributed by atoms with Gasteiger partial charge in [-0.2, -0.15) is 14.4 Å². The molecule has 4 nitrogen and oxygen atoms in total. The summed E-state index contributed by atoms with van der Waals surface area (Å²) in [5, 5.41) is 20.3. The number of benzene rings is 1. The maximum Gasteiger partial charge on any atom is 0.218 e. The Hall–Kier alpha value is -2.59. The minimum absolute atomic E-state index is 0.00996. The predicted octanol–water partition coefficient (Wildman–Crippen LogP) is 2.75. The summed E-state index contributed by atoms with van der Waals surface area (Å²) >= 11 is 0.959. The smallest absolute Gasteiger partial charge is 0.218 e. The lowest BCUT2D eigenvalue weighted by atomic mass is 10.1. The van der Waals surface area contributed by atoms with E-state index in [4.69, 9.17) is 5.26 Å². The van der Waals surface area contributed by atoms with Crippen molar-refractivity contribution >= 4 is 21.6 Å². The Morgan fingerprint density at radius 1 is 1.25 bits per heavy atom. The van der Waals surface area contributed by atoms with Gasteiger partial charge in [-0.1, -0.05) is 6.07 Å². The molecule has 3 rings (SSSR count). The topological polar surface area (TPSA) is 63.6 Å². The first-order valence-electron chi connectivity index (χ1n) is 5.48. The summed E-state index contributed by atoms with van der Waals surface area (Å²) in [4.78, 5) is 3.99. The number of hydrogen-bond donors (Lipinski definition) is 0. The fourth-order valence-electron chi connectivity index (χ4n) is 1.86. The van der Waals surface area contributed by atoms with E-state index in [9.17, 15) is 14.0 Å². The molecule has 2 aromatic heterocycles. The maximum atomic E-state index is 13.9. The predicted molar refractivity (Wildman–Crippen MR) is 68.6 cm³/mol. The highest BCUT2D eigenvalue weighted by molar-refractivity contribution is 7.21. The highest BCUT2D eigenvalue weighted by Gasteiger charge is 2.18. The van der Waals surface area contributed by atoms with Crippen LogP contribution >= 0.6 is 11.3 Å². The monoisotopic (exact) mass is 289 g/mol. The van der Waals surface area contributed by atoms with E-state index in [1.54, 1.807) is 0 Å². The van der Waals surface area contributed by atoms with Crippen LogP contribution in [0.2, 0.25) is 0 Å². The third kappa shape index (κ3) is 1.87. The van der Waals surface area contributed by atoms with E-state index in [-0.39, 0.29) is 21.7 Å². The van der Waals surface area contributed by atoms with Gasteiger partial charge in [0.05, 0.1) is 17.2 Å². The second kappa shape index (κ2) is 4.51. The van der Waals surface area contributed by atoms with Crippen LogP contribution in [0.1, 0.15) is 5.56 Å². The first-order valence-corrected chi connectivity index (χ1v) is 6.29. The van der Waals surface area contributed by atoms with Crippen LogP contribution in [-0.4, -0.2) is 4.98 Å². The van der Waals surface area contributed by atoms with E-state index in [0.717, 1.165) is 23.7 Å². The summed E-state index contributed by atoms with van der Waals surface area (Å²) in [6, 6.07) is 5.94. The molecular formula is C13H5F2N3OS. The van der Waals surface area contributed by atoms with Gasteiger partial charge in [0, 0.05) is 0 Å². The van der Waals surface area contributed by atoms with Crippen molar-refractivity contribution in [1.29, 1.82) is 5.26 Å². The van der Waals surface area contributed by atoms with Gasteiger partial charge in [0.15, 0.2) is 6.20 Å². The molecule has 0 saturated carbocycles. The Bertz CT molecular complexity index is 870. The van der Waals surface area contributed by atoms with Gasteiger partial charge in [-0.05, 0) is 12.1 Å². The first kappa shape index (κ1) is 12.4. The summed E-state index contributed by atoms with van der Waals surface area (Å²) in [5.74, 6) is -1.40. The number of nitriles is 1. The minimum atomic E-state index is -0.783. The minimum Gasteiger partial charge on any atom is -0.619 e. The molecule has 0 N–H and O–H groups in total. The zero-order chi connectivity index (χ0) is 14.3. The maximum absolute atomic E-state index is 13.9. The van der Waals surface area contributed by atoms with Crippen molar-refractivity contribution in [1.82, 2.24) is 4.98 Å². The summed E-state index contributed by atoms with van der Waals surface area (Å²) in [6.07, 6.45) is 1.91. The summed E-state index contributed by atoms with van der Waals surface area (Å²) < 4.78 is 28.1. The number of fused-ring (bicyclic) bond motifs is 1. The van der Waals surface area contributed by atoms with Crippen molar-refractivity contribution in [3.05, 3.63) is 53.0 Å². The van der Waals surface area contributed by atoms with Gasteiger partial charge in [-0.25, -0.2) is 9.37 Å². The van der Waals surface area contributed by atoms with Gasteiger partial charge in [0.2, 0.25) is 12.0 Å². The van der Waals surface area contributed by atoms with Gasteiger partial charge in [-0.3, -0.25) is 0 Å². The number of aromatic nitrogens is 2. The van der Waals surface area contributed by atoms with E-state index >= 15 is 0 Å². The summed E-state index contributed by atoms with van der Waals surface area (Å²) in [5.41, 5.74) is 0.122. The quantitative estimate of drug-likeness (QED) is 0.511. The van der Waals surface area contributed by atoms with Crippen molar-refractivity contribution in [2.75, 3.05) is 0 Å². The van der Waals surface area contributed by atoms with Crippen LogP contribution in [0.5, 0.6) is 0 Å². The zero-order valence-electron chi connectivity index (χ0n) is 9.80. The Labute approximate surface area is 115 Å². The van der Waals surface area contributed by atoms with Gasteiger partial charge >= 0.3 is 0 Å². The molecule has 0 atom stereocenters. The fraction of sp³-hybridized carbons (Fsp3) is 0. The Morgan fingerprint density at radius 2 is 2.05 bits per heavy atom. The molecule has 0 bridgehead atoms. The Morgan fingerprint density at radius 3 is 2.80 bits per heavy atom. The van der Waals surface area contributed by atoms with Crippen LogP contribution in [0.15, 0.2) is 30.6 Å². The highest BCUT2D eigenvalue weighted by Crippen LogP contribution is 2.33. The van der Waals surface area contributed by atoms with Crippen LogP contribution in [0.3, 0.4) is 0 Å². The molecule has 0 saturated heterocycles. The third-order valence-electron chi connectivity index (χ3n) is 2.71. The average molecular weight is 289 g/mol. The molecule has 1 aromatic carbocycles. The molecule has 0 fully saturated rings. The molecule has 0 aliphatic heterocycles. The van der Waals surface area contributed by atoms with Gasteiger partial charge < -0.3 is 5.21 Å². The lowest BCUT2D eigenvalue weighted by Gasteiger charge is -2.00. The molecule has 0 spiro atoms. The lowest BCUT2D eigenvalue weighted by molar-refractivity contribution is -0.605. The summed E-state index contributed by atoms with van der Waals surface area (Å²) in [6.45, 7) is 0. The van der Waals surface area contributed by atoms with Gasteiger partial charge in [0.1, 0.15) is 21.0 Å². The van der Waals surface area contributed by atoms with Crippen LogP contribution < -0.4 is 4.73 Å². The SMILES string of the molecule is N#Cc1cccc(F)c1-c1nc2c(F)c[n+]([O-])cc2s1. The molecule has 0 radical (unpaired) electrons. The number of pyridine rings is 1. The van der Waals surface area contributed by atoms with E-state index in [1.165, 1.54) is 18.2 Å². The molecule has 0 amide bonds. The molecule has 3 aromatic rings. The molecule has 20 heavy (non-hydrogen) atoms. The van der Waals surface area contributed by atoms with Crippen LogP contribution in [0, 0.1) is 28.2 Å². The normalized spacial score (nSPS) is 10.7. The molecule has 2 heterocycles. The Balaban J connectivity index is 2.32. The van der Waals surface area contributed by atoms with E-state index < -0.39 is 11.6 Å². The van der Waals surface area contributed by atoms with Crippen molar-refractivity contribution in [3.63, 3.8) is 0 Å². The fourth-order valence-corrected chi connectivity index (χ4v) is 2.91. The van der Waals surface area contributed by atoms with Crippen molar-refractivity contribution < 1.29 is 13.5 Å². The first-order chi connectivity index (χ1) is 9.60. The average Bonchev–Trinajstić information content (AvgIpc) is 2.81. The van der Waals surface area contributed by atoms with Crippen LogP contribution in [0.25, 0.3) is 20.8 Å². The van der Waals surface area contributed by atoms with E-state index in [1.807, 2.05) is 6.07 Å². The molecule has 0 unspecified atom stereocenters. The van der Waals surface area contributed by atoms with E-state index in [0.29, 0.717) is 9.43 Å². The lowest BCUT2D eigenvalue weighted by Crippen LogP contribution is -2.24. The van der Waals surface area contributed by atoms with Gasteiger partial charge in [-0.15, -0.1) is 11.3 Å². The van der Waals surface area contributed by atoms with Crippen molar-refractivity contribution in [3.8, 4) is 16.6 Å². The standard InChI is InChI=1S/C13H5F2N3OS/c14-8-3-1-2-7(4-16)11(8)13-17-12-9(15)5-18(19)6-10(12)20-13/h1-3,5-6H. The Kier molecular flexibility index (Phi) is 2.80. The number of halogens is 2. The van der Waals surface area contributed by atoms with Gasteiger partial charge in [0.25, 0.3) is 0 Å². The van der Waals surface area contributed by atoms with Crippen molar-refractivity contribution in [2.45, 2.75) is 0 Å². The molecule has 98 valence electrons. The highest BCUT2D eigenvalue weighted by atomic mass is 32.1. The van der Waals surface area contributed by atoms with Crippen LogP contribution in [-0.2, 0) is 0 Å². The molecule has 0 aliphatic rings. The van der Waals surface area contributed by atoms with Crippen molar-refractivity contribution in [2.24, 2.45) is 0 Å². The van der Waals surface area contributed by atoms with Crippen LogP contribution in [0.4, 0.5) is 8.78 Å². The number of hydrogen-bond acceptors (Lipinski definition) is 4. The number of rotatable bonds is 1. The number of thiazole rings is 1. The largest absolute Gasteiger partial charge is 0.619 e. The second-order valence-electron chi connectivity index (χ2n) is 3.97. The molecular weight excluding hydrogens is 284 g/mol. The summed E-state index contributed by atoms with van der Waals surface area (Å²) in [7, 11) is 0. The third-order valence-corrected chi connectivity index (χ3v) is 3.72. The molecule has 0 aliphatic carbocycles. The van der Waals surface area contributed by atoms with E-state index in [2.05, 4.69) is 4.98 Å².